The number of nitrogens with zero attached hydrogens (tertiary/aromatic N) is 4. The number of nitrogens with one attached hydrogen (secondary N) is 8. The molecule has 0 radical (unpaired) electrons. The molecule has 0 saturated carbocycles. The molecule has 30 heteroatoms. The molecule has 5 heterocycles. The number of hydrogen-bond acceptors (Lipinski definition) is 17. The molecule has 16 N–H and O–H groups in total. The van der Waals surface area contributed by atoms with Crippen LogP contribution < -0.4 is 48.7 Å². The molecule has 2 aromatic rings. The van der Waals surface area contributed by atoms with E-state index in [0.717, 1.165) is 4.90 Å². The molecule has 1 aromatic carbocycles. The van der Waals surface area contributed by atoms with Crippen molar-refractivity contribution in [1.82, 2.24) is 61.8 Å². The van der Waals surface area contributed by atoms with E-state index < -0.39 is 163 Å². The van der Waals surface area contributed by atoms with Crippen LogP contribution in [-0.4, -0.2) is 241 Å². The van der Waals surface area contributed by atoms with Gasteiger partial charge in [0, 0.05) is 49.7 Å². The smallest absolute Gasteiger partial charge is 0.328 e. The highest BCUT2D eigenvalue weighted by atomic mass is 16.4. The zero-order chi connectivity index (χ0) is 67.0. The second-order valence-electron chi connectivity index (χ2n) is 25.0. The number of aliphatic hydroxyl groups excluding tert-OH is 3. The first-order valence-electron chi connectivity index (χ1n) is 31.7. The van der Waals surface area contributed by atoms with Crippen LogP contribution in [0.3, 0.4) is 0 Å². The maximum absolute atomic E-state index is 14.5. The van der Waals surface area contributed by atoms with E-state index in [1.165, 1.54) is 28.5 Å². The first-order valence-corrected chi connectivity index (χ1v) is 31.7. The van der Waals surface area contributed by atoms with Gasteiger partial charge >= 0.3 is 5.97 Å². The van der Waals surface area contributed by atoms with Gasteiger partial charge in [-0.15, -0.1) is 0 Å². The third-order valence-electron chi connectivity index (χ3n) is 17.3. The van der Waals surface area contributed by atoms with Crippen LogP contribution in [0.25, 0.3) is 10.9 Å². The highest BCUT2D eigenvalue weighted by molar-refractivity contribution is 6.00. The molecule has 4 aliphatic rings. The van der Waals surface area contributed by atoms with Gasteiger partial charge in [-0.25, -0.2) is 4.79 Å². The SMILES string of the molecule is CC(C)C[C@H](NC(=O)[C@H](C)NC(=O)[C@@H]1CCCN1C(=O)[C@@H]1CCCN1C(=O)[C@@H](NC(=O)[C@@H](N)CCCCN)C(C)C)C(=O)N1CCC[C@H]1C(=O)N[C@@H](CO)C(=O)N1CCC[C@H]1C(=O)N[C@@H](Cc1c[nH]c2ccccc12)C(=O)N[C@H](C(=O)N[C@@H](CO)C(=O)O)[C@@H](C)O. The summed E-state index contributed by atoms with van der Waals surface area (Å²) in [7, 11) is 0. The van der Waals surface area contributed by atoms with Crippen LogP contribution in [0.2, 0.25) is 0 Å². The molecule has 0 spiro atoms. The average molecular weight is 1280 g/mol. The van der Waals surface area contributed by atoms with Crippen molar-refractivity contribution in [3.8, 4) is 0 Å². The standard InChI is InChI=1S/C61H94N14O16/c1-32(2)27-41(67-50(79)34(5)65-53(82)44-18-13-25-74(44)59(88)47-21-14-26-75(47)60(89)48(33(3)4)70-51(80)38(63)16-9-10-22-62)57(86)72-23-11-20-46(72)55(84)68-42(30-76)58(87)73-24-12-19-45(73)54(83)66-40(28-36-29-64-39-17-8-7-15-37(36)39)52(81)71-49(35(6)78)56(85)69-43(31-77)61(90)91/h7-8,15,17,29,32-35,38,40-49,64,76-78H,9-14,16,18-28,30-31,62-63H2,1-6H3,(H,65,82)(H,66,83)(H,67,79)(H,68,84)(H,69,85)(H,70,80)(H,71,81)(H,90,91)/t34-,35+,38-,40-,41-,42-,43-,44-,45-,46-,47-,48-,49-/m0/s1. The van der Waals surface area contributed by atoms with Gasteiger partial charge in [0.15, 0.2) is 0 Å². The second kappa shape index (κ2) is 33.5. The topological polar surface area (TPSA) is 451 Å². The number of fused-ring (bicyclic) bond motifs is 1. The Kier molecular flexibility index (Phi) is 26.6. The molecule has 6 rings (SSSR count). The van der Waals surface area contributed by atoms with E-state index in [2.05, 4.69) is 42.2 Å². The number of nitrogens with two attached hydrogens (primary N) is 2. The van der Waals surface area contributed by atoms with Gasteiger partial charge in [-0.05, 0) is 114 Å². The van der Waals surface area contributed by atoms with Crippen LogP contribution >= 0.6 is 0 Å². The fourth-order valence-electron chi connectivity index (χ4n) is 12.3. The molecule has 13 atom stereocenters. The van der Waals surface area contributed by atoms with E-state index in [4.69, 9.17) is 11.5 Å². The summed E-state index contributed by atoms with van der Waals surface area (Å²) in [5.74, 6) is -9.94. The molecule has 4 saturated heterocycles. The fraction of sp³-hybridized carbons (Fsp3) is 0.672. The summed E-state index contributed by atoms with van der Waals surface area (Å²) in [5.41, 5.74) is 13.0. The number of aromatic nitrogens is 1. The molecule has 504 valence electrons. The number of aliphatic hydroxyl groups is 3. The van der Waals surface area contributed by atoms with Crippen molar-refractivity contribution in [2.75, 3.05) is 45.9 Å². The lowest BCUT2D eigenvalue weighted by molar-refractivity contribution is -0.148. The highest BCUT2D eigenvalue weighted by Gasteiger charge is 2.46. The van der Waals surface area contributed by atoms with Gasteiger partial charge in [-0.3, -0.25) is 52.7 Å². The van der Waals surface area contributed by atoms with E-state index in [1.807, 2.05) is 13.8 Å². The van der Waals surface area contributed by atoms with Crippen LogP contribution in [0.1, 0.15) is 124 Å². The monoisotopic (exact) mass is 1280 g/mol. The maximum Gasteiger partial charge on any atom is 0.328 e. The van der Waals surface area contributed by atoms with Crippen molar-refractivity contribution < 1.29 is 78.0 Å². The summed E-state index contributed by atoms with van der Waals surface area (Å²) in [4.78, 5) is 174. The number of H-pyrrole nitrogens is 1. The van der Waals surface area contributed by atoms with E-state index in [9.17, 15) is 78.0 Å². The van der Waals surface area contributed by atoms with Gasteiger partial charge in [-0.2, -0.15) is 0 Å². The minimum Gasteiger partial charge on any atom is -0.480 e. The number of amides is 11. The van der Waals surface area contributed by atoms with Crippen molar-refractivity contribution in [3.05, 3.63) is 36.0 Å². The lowest BCUT2D eigenvalue weighted by Gasteiger charge is -2.34. The van der Waals surface area contributed by atoms with Crippen molar-refractivity contribution in [1.29, 1.82) is 0 Å². The Morgan fingerprint density at radius 3 is 1.63 bits per heavy atom. The molecular weight excluding hydrogens is 1180 g/mol. The fourth-order valence-corrected chi connectivity index (χ4v) is 12.3. The number of rotatable bonds is 31. The first kappa shape index (κ1) is 72.3. The normalized spacial score (nSPS) is 21.2. The Morgan fingerprint density at radius 2 is 1.08 bits per heavy atom. The van der Waals surface area contributed by atoms with Crippen molar-refractivity contribution >= 4 is 81.9 Å². The number of carbonyl (C=O) groups is 12. The Labute approximate surface area is 528 Å². The third kappa shape index (κ3) is 18.5. The summed E-state index contributed by atoms with van der Waals surface area (Å²) in [5, 5.41) is 58.7. The van der Waals surface area contributed by atoms with Crippen LogP contribution in [0, 0.1) is 11.8 Å². The van der Waals surface area contributed by atoms with Gasteiger partial charge in [0.05, 0.1) is 25.4 Å². The van der Waals surface area contributed by atoms with E-state index in [0.29, 0.717) is 74.4 Å². The molecule has 4 aliphatic heterocycles. The third-order valence-corrected chi connectivity index (χ3v) is 17.3. The number of aliphatic carboxylic acids is 1. The van der Waals surface area contributed by atoms with E-state index in [-0.39, 0.29) is 70.1 Å². The number of para-hydroxylation sites is 1. The molecular formula is C61H94N14O16. The number of aromatic amines is 1. The lowest BCUT2D eigenvalue weighted by Crippen LogP contribution is -2.61. The molecule has 1 aromatic heterocycles. The Balaban J connectivity index is 1.08. The summed E-state index contributed by atoms with van der Waals surface area (Å²) in [6.07, 6.45) is 4.20. The zero-order valence-electron chi connectivity index (χ0n) is 52.8. The van der Waals surface area contributed by atoms with Gasteiger partial charge in [0.25, 0.3) is 0 Å². The van der Waals surface area contributed by atoms with Gasteiger partial charge in [-0.1, -0.05) is 52.3 Å². The predicted octanol–water partition coefficient (Wildman–Crippen LogP) is -3.30. The van der Waals surface area contributed by atoms with Gasteiger partial charge in [0.1, 0.15) is 66.5 Å². The number of unbranched alkanes of at least 4 members (excludes halogenated alkanes) is 1. The van der Waals surface area contributed by atoms with Crippen molar-refractivity contribution in [3.63, 3.8) is 0 Å². The Bertz CT molecular complexity index is 2940. The maximum atomic E-state index is 14.5. The quantitative estimate of drug-likeness (QED) is 0.0329. The van der Waals surface area contributed by atoms with Gasteiger partial charge in [0.2, 0.25) is 65.0 Å². The predicted molar refractivity (Wildman–Crippen MR) is 329 cm³/mol. The molecule has 0 aliphatic carbocycles. The molecule has 0 unspecified atom stereocenters. The second-order valence-corrected chi connectivity index (χ2v) is 25.0. The number of likely N-dealkylation sites (tertiary alicyclic amines) is 4. The molecule has 11 amide bonds. The number of hydrogen-bond donors (Lipinski definition) is 14. The molecule has 0 bridgehead atoms. The highest BCUT2D eigenvalue weighted by Crippen LogP contribution is 2.28. The zero-order valence-corrected chi connectivity index (χ0v) is 52.8. The average Bonchev–Trinajstić information content (AvgIpc) is 1.81. The van der Waals surface area contributed by atoms with Crippen molar-refractivity contribution in [2.45, 2.75) is 204 Å². The van der Waals surface area contributed by atoms with Gasteiger partial charge < -0.3 is 93.7 Å². The number of carboxylic acid groups (broad SMARTS) is 1. The van der Waals surface area contributed by atoms with Crippen LogP contribution in [-0.2, 0) is 64.0 Å². The number of carbonyl (C=O) groups excluding carboxylic acids is 11. The lowest BCUT2D eigenvalue weighted by atomic mass is 10.0. The van der Waals surface area contributed by atoms with Crippen molar-refractivity contribution in [2.24, 2.45) is 23.3 Å². The Morgan fingerprint density at radius 1 is 0.571 bits per heavy atom. The van der Waals surface area contributed by atoms with E-state index in [1.54, 1.807) is 44.3 Å². The van der Waals surface area contributed by atoms with Crippen LogP contribution in [0.4, 0.5) is 0 Å². The summed E-state index contributed by atoms with van der Waals surface area (Å²) in [6, 6.07) is -7.96. The summed E-state index contributed by atoms with van der Waals surface area (Å²) >= 11 is 0. The Hall–Kier alpha value is -7.80. The van der Waals surface area contributed by atoms with E-state index >= 15 is 0 Å². The molecule has 30 nitrogen and oxygen atoms in total. The number of benzene rings is 1. The van der Waals surface area contributed by atoms with Crippen LogP contribution in [0.15, 0.2) is 30.5 Å². The van der Waals surface area contributed by atoms with Crippen LogP contribution in [0.5, 0.6) is 0 Å². The molecule has 91 heavy (non-hydrogen) atoms. The summed E-state index contributed by atoms with van der Waals surface area (Å²) in [6.45, 7) is 8.94. The minimum absolute atomic E-state index is 0.0000334. The summed E-state index contributed by atoms with van der Waals surface area (Å²) < 4.78 is 0. The largest absolute Gasteiger partial charge is 0.480 e. The first-order chi connectivity index (χ1) is 43.2. The number of carboxylic acids is 1. The molecule has 4 fully saturated rings. The minimum atomic E-state index is -1.77.